The highest BCUT2D eigenvalue weighted by Crippen LogP contribution is 2.05. The fourth-order valence-corrected chi connectivity index (χ4v) is 2.12. The number of esters is 2. The van der Waals surface area contributed by atoms with Gasteiger partial charge >= 0.3 is 11.9 Å². The topological polar surface area (TPSA) is 164 Å². The molecular weight excluding hydrogens is 374 g/mol. The maximum atomic E-state index is 12.3. The Morgan fingerprint density at radius 2 is 1.21 bits per heavy atom. The Bertz CT molecular complexity index is 678. The Morgan fingerprint density at radius 1 is 0.857 bits per heavy atom. The van der Waals surface area contributed by atoms with Gasteiger partial charge in [-0.15, -0.1) is 0 Å². The van der Waals surface area contributed by atoms with E-state index in [-0.39, 0.29) is 11.4 Å². The molecule has 0 aliphatic carbocycles. The molecule has 4 N–H and O–H groups in total. The van der Waals surface area contributed by atoms with Crippen LogP contribution in [-0.4, -0.2) is 77.5 Å². The highest BCUT2D eigenvalue weighted by Gasteiger charge is 2.29. The average molecular weight is 397 g/mol. The van der Waals surface area contributed by atoms with E-state index in [1.54, 1.807) is 0 Å². The van der Waals surface area contributed by atoms with Crippen molar-refractivity contribution in [2.45, 2.75) is 38.1 Å². The quantitative estimate of drug-likeness (QED) is 0.378. The first-order valence-electron chi connectivity index (χ1n) is 8.22. The van der Waals surface area contributed by atoms with Gasteiger partial charge in [-0.2, -0.15) is 0 Å². The van der Waals surface area contributed by atoms with Crippen molar-refractivity contribution in [3.05, 3.63) is 29.6 Å². The van der Waals surface area contributed by atoms with E-state index in [9.17, 15) is 29.4 Å². The van der Waals surface area contributed by atoms with Gasteiger partial charge in [-0.05, 0) is 26.0 Å². The molecule has 0 spiro atoms. The lowest BCUT2D eigenvalue weighted by Gasteiger charge is -2.19. The van der Waals surface area contributed by atoms with Crippen LogP contribution in [0, 0.1) is 0 Å². The van der Waals surface area contributed by atoms with Crippen molar-refractivity contribution in [3.8, 4) is 0 Å². The summed E-state index contributed by atoms with van der Waals surface area (Å²) in [5, 5.41) is 23.8. The van der Waals surface area contributed by atoms with Crippen molar-refractivity contribution < 1.29 is 38.9 Å². The minimum atomic E-state index is -1.32. The number of hydrogen-bond donors (Lipinski definition) is 4. The Morgan fingerprint density at radius 3 is 1.50 bits per heavy atom. The Kier molecular flexibility index (Phi) is 8.48. The largest absolute Gasteiger partial charge is 0.467 e. The van der Waals surface area contributed by atoms with Crippen molar-refractivity contribution in [1.29, 1.82) is 0 Å². The van der Waals surface area contributed by atoms with E-state index in [0.29, 0.717) is 0 Å². The number of amides is 2. The molecule has 28 heavy (non-hydrogen) atoms. The number of ether oxygens (including phenoxy) is 2. The molecule has 1 rings (SSSR count). The molecule has 4 unspecified atom stereocenters. The molecule has 0 fully saturated rings. The molecule has 0 saturated heterocycles. The number of aliphatic hydroxyl groups excluding tert-OH is 2. The third-order valence-corrected chi connectivity index (χ3v) is 3.66. The highest BCUT2D eigenvalue weighted by molar-refractivity contribution is 5.98. The van der Waals surface area contributed by atoms with Crippen molar-refractivity contribution >= 4 is 23.8 Å². The lowest BCUT2D eigenvalue weighted by atomic mass is 10.1. The predicted molar refractivity (Wildman–Crippen MR) is 94.1 cm³/mol. The molecule has 0 radical (unpaired) electrons. The normalized spacial score (nSPS) is 14.8. The van der Waals surface area contributed by atoms with Crippen molar-refractivity contribution in [2.75, 3.05) is 14.2 Å². The van der Waals surface area contributed by atoms with Crippen LogP contribution in [0.15, 0.2) is 18.2 Å². The first-order valence-corrected chi connectivity index (χ1v) is 8.22. The van der Waals surface area contributed by atoms with Crippen LogP contribution in [0.3, 0.4) is 0 Å². The summed E-state index contributed by atoms with van der Waals surface area (Å²) in [6, 6.07) is 1.29. The molecule has 154 valence electrons. The van der Waals surface area contributed by atoms with Gasteiger partial charge in [0, 0.05) is 0 Å². The van der Waals surface area contributed by atoms with Gasteiger partial charge in [0.05, 0.1) is 26.4 Å². The van der Waals surface area contributed by atoms with Crippen LogP contribution in [0.4, 0.5) is 0 Å². The zero-order chi connectivity index (χ0) is 21.4. The number of aromatic nitrogens is 1. The number of rotatable bonds is 8. The minimum Gasteiger partial charge on any atom is -0.467 e. The summed E-state index contributed by atoms with van der Waals surface area (Å²) in [5.41, 5.74) is -0.428. The number of aliphatic hydroxyl groups is 2. The number of hydrogen-bond acceptors (Lipinski definition) is 9. The summed E-state index contributed by atoms with van der Waals surface area (Å²) < 4.78 is 9.01. The van der Waals surface area contributed by atoms with Crippen LogP contribution in [-0.2, 0) is 19.1 Å². The molecule has 11 nitrogen and oxygen atoms in total. The molecule has 1 aromatic heterocycles. The van der Waals surface area contributed by atoms with Crippen LogP contribution in [0.5, 0.6) is 0 Å². The van der Waals surface area contributed by atoms with Crippen LogP contribution in [0.2, 0.25) is 0 Å². The van der Waals surface area contributed by atoms with Crippen LogP contribution in [0.25, 0.3) is 0 Å². The van der Waals surface area contributed by atoms with Crippen LogP contribution in [0.1, 0.15) is 34.8 Å². The van der Waals surface area contributed by atoms with Crippen molar-refractivity contribution in [3.63, 3.8) is 0 Å². The summed E-state index contributed by atoms with van der Waals surface area (Å²) in [6.45, 7) is 2.59. The van der Waals surface area contributed by atoms with E-state index in [1.807, 2.05) is 0 Å². The third-order valence-electron chi connectivity index (χ3n) is 3.66. The fraction of sp³-hybridized carbons (Fsp3) is 0.471. The smallest absolute Gasteiger partial charge is 0.331 e. The molecule has 0 saturated carbocycles. The molecule has 0 aliphatic rings. The zero-order valence-electron chi connectivity index (χ0n) is 15.8. The predicted octanol–water partition coefficient (Wildman–Crippen LogP) is -1.61. The number of nitrogens with zero attached hydrogens (tertiary/aromatic N) is 1. The first-order chi connectivity index (χ1) is 13.1. The standard InChI is InChI=1S/C17H23N3O8/c1-8(21)12(16(25)27-3)19-14(23)10-6-5-7-11(18-10)15(24)20-13(9(2)22)17(26)28-4/h5-9,12-13,21-22H,1-4H3,(H,19,23)(H,20,24). The average Bonchev–Trinajstić information content (AvgIpc) is 2.68. The van der Waals surface area contributed by atoms with Crippen molar-refractivity contribution in [1.82, 2.24) is 15.6 Å². The fourth-order valence-electron chi connectivity index (χ4n) is 2.12. The molecule has 1 heterocycles. The lowest BCUT2D eigenvalue weighted by Crippen LogP contribution is -2.49. The zero-order valence-corrected chi connectivity index (χ0v) is 15.8. The molecule has 2 amide bonds. The Labute approximate surface area is 161 Å². The van der Waals surface area contributed by atoms with E-state index in [1.165, 1.54) is 32.0 Å². The number of pyridine rings is 1. The van der Waals surface area contributed by atoms with Crippen LogP contribution < -0.4 is 10.6 Å². The maximum Gasteiger partial charge on any atom is 0.331 e. The first kappa shape index (κ1) is 23.0. The Hall–Kier alpha value is -3.05. The van der Waals surface area contributed by atoms with E-state index in [0.717, 1.165) is 14.2 Å². The molecule has 11 heteroatoms. The number of methoxy groups -OCH3 is 2. The summed E-state index contributed by atoms with van der Waals surface area (Å²) in [5.74, 6) is -3.36. The summed E-state index contributed by atoms with van der Waals surface area (Å²) >= 11 is 0. The van der Waals surface area contributed by atoms with Gasteiger partial charge in [0.1, 0.15) is 11.4 Å². The molecule has 0 aromatic carbocycles. The molecular formula is C17H23N3O8. The highest BCUT2D eigenvalue weighted by atomic mass is 16.5. The summed E-state index contributed by atoms with van der Waals surface area (Å²) in [4.78, 5) is 51.7. The number of carbonyl (C=O) groups excluding carboxylic acids is 4. The van der Waals surface area contributed by atoms with Gasteiger partial charge in [-0.3, -0.25) is 9.59 Å². The van der Waals surface area contributed by atoms with Crippen molar-refractivity contribution in [2.24, 2.45) is 0 Å². The van der Waals surface area contributed by atoms with E-state index < -0.39 is 48.0 Å². The van der Waals surface area contributed by atoms with E-state index in [4.69, 9.17) is 0 Å². The minimum absolute atomic E-state index is 0.214. The van der Waals surface area contributed by atoms with Gasteiger partial charge in [-0.1, -0.05) is 6.07 Å². The maximum absolute atomic E-state index is 12.3. The summed E-state index contributed by atoms with van der Waals surface area (Å²) in [6.07, 6.45) is -2.45. The third kappa shape index (κ3) is 5.99. The van der Waals surface area contributed by atoms with E-state index >= 15 is 0 Å². The van der Waals surface area contributed by atoms with Gasteiger partial charge in [0.25, 0.3) is 11.8 Å². The molecule has 4 atom stereocenters. The van der Waals surface area contributed by atoms with Gasteiger partial charge < -0.3 is 30.3 Å². The SMILES string of the molecule is COC(=O)C(NC(=O)c1cccc(C(=O)NC(C(=O)OC)C(C)O)n1)C(C)O. The molecule has 1 aromatic rings. The number of carbonyl (C=O) groups is 4. The van der Waals surface area contributed by atoms with Crippen LogP contribution >= 0.6 is 0 Å². The monoisotopic (exact) mass is 397 g/mol. The van der Waals surface area contributed by atoms with Gasteiger partial charge in [-0.25, -0.2) is 14.6 Å². The second-order valence-corrected chi connectivity index (χ2v) is 5.84. The van der Waals surface area contributed by atoms with Gasteiger partial charge in [0.2, 0.25) is 0 Å². The summed E-state index contributed by atoms with van der Waals surface area (Å²) in [7, 11) is 2.21. The van der Waals surface area contributed by atoms with E-state index in [2.05, 4.69) is 25.1 Å². The molecule has 0 aliphatic heterocycles. The number of nitrogens with one attached hydrogen (secondary N) is 2. The second-order valence-electron chi connectivity index (χ2n) is 5.84. The molecule has 0 bridgehead atoms. The lowest BCUT2D eigenvalue weighted by molar-refractivity contribution is -0.146. The second kappa shape index (κ2) is 10.3. The van der Waals surface area contributed by atoms with Gasteiger partial charge in [0.15, 0.2) is 12.1 Å². The Balaban J connectivity index is 2.98.